The van der Waals surface area contributed by atoms with Crippen LogP contribution in [-0.2, 0) is 16.6 Å². The molecule has 26 heavy (non-hydrogen) atoms. The Kier molecular flexibility index (Phi) is 5.90. The van der Waals surface area contributed by atoms with Gasteiger partial charge in [-0.25, -0.2) is 13.1 Å². The quantitative estimate of drug-likeness (QED) is 0.494. The van der Waals surface area contributed by atoms with Gasteiger partial charge in [0.1, 0.15) is 0 Å². The molecule has 0 heterocycles. The van der Waals surface area contributed by atoms with Crippen molar-refractivity contribution >= 4 is 27.3 Å². The number of sulfonamides is 1. The van der Waals surface area contributed by atoms with Crippen molar-refractivity contribution in [3.05, 3.63) is 63.7 Å². The zero-order valence-electron chi connectivity index (χ0n) is 14.1. The van der Waals surface area contributed by atoms with Crippen molar-refractivity contribution in [3.63, 3.8) is 0 Å². The number of anilines is 1. The SMILES string of the molecule is CNc1ccc([N+](=O)[O-])cc1C(=O)NCc1cccc(S(=O)(=O)NC)c1. The molecule has 0 aliphatic carbocycles. The molecule has 3 N–H and O–H groups in total. The highest BCUT2D eigenvalue weighted by molar-refractivity contribution is 7.89. The predicted molar refractivity (Wildman–Crippen MR) is 96.5 cm³/mol. The highest BCUT2D eigenvalue weighted by Crippen LogP contribution is 2.22. The largest absolute Gasteiger partial charge is 0.387 e. The van der Waals surface area contributed by atoms with Gasteiger partial charge in [0.05, 0.1) is 15.4 Å². The van der Waals surface area contributed by atoms with E-state index in [1.165, 1.54) is 37.4 Å². The zero-order valence-corrected chi connectivity index (χ0v) is 15.0. The Labute approximate surface area is 150 Å². The topological polar surface area (TPSA) is 130 Å². The average Bonchev–Trinajstić information content (AvgIpc) is 2.65. The van der Waals surface area contributed by atoms with Crippen LogP contribution in [0, 0.1) is 10.1 Å². The molecule has 1 amide bonds. The summed E-state index contributed by atoms with van der Waals surface area (Å²) >= 11 is 0. The molecule has 0 fully saturated rings. The lowest BCUT2D eigenvalue weighted by atomic mass is 10.1. The number of hydrogen-bond donors (Lipinski definition) is 3. The number of carbonyl (C=O) groups excluding carboxylic acids is 1. The van der Waals surface area contributed by atoms with Crippen molar-refractivity contribution < 1.29 is 18.1 Å². The molecule has 138 valence electrons. The molecular formula is C16H18N4O5S. The maximum absolute atomic E-state index is 12.4. The van der Waals surface area contributed by atoms with Gasteiger partial charge in [-0.15, -0.1) is 0 Å². The number of hydrogen-bond acceptors (Lipinski definition) is 6. The van der Waals surface area contributed by atoms with E-state index in [1.807, 2.05) is 0 Å². The molecule has 9 nitrogen and oxygen atoms in total. The Hall–Kier alpha value is -2.98. The molecule has 0 saturated carbocycles. The van der Waals surface area contributed by atoms with Gasteiger partial charge in [-0.1, -0.05) is 12.1 Å². The molecule has 0 saturated heterocycles. The van der Waals surface area contributed by atoms with Crippen molar-refractivity contribution in [2.45, 2.75) is 11.4 Å². The summed E-state index contributed by atoms with van der Waals surface area (Å²) in [4.78, 5) is 22.8. The molecule has 0 radical (unpaired) electrons. The van der Waals surface area contributed by atoms with Gasteiger partial charge in [-0.2, -0.15) is 0 Å². The summed E-state index contributed by atoms with van der Waals surface area (Å²) in [7, 11) is -0.673. The molecule has 0 atom stereocenters. The van der Waals surface area contributed by atoms with E-state index in [0.29, 0.717) is 11.3 Å². The van der Waals surface area contributed by atoms with Crippen molar-refractivity contribution in [3.8, 4) is 0 Å². The third-order valence-corrected chi connectivity index (χ3v) is 5.07. The minimum Gasteiger partial charge on any atom is -0.387 e. The molecule has 2 rings (SSSR count). The summed E-state index contributed by atoms with van der Waals surface area (Å²) in [6, 6.07) is 10.1. The molecule has 10 heteroatoms. The summed E-state index contributed by atoms with van der Waals surface area (Å²) in [6.45, 7) is 0.0672. The fourth-order valence-electron chi connectivity index (χ4n) is 2.27. The number of benzene rings is 2. The molecule has 2 aromatic rings. The van der Waals surface area contributed by atoms with Gasteiger partial charge in [0, 0.05) is 31.4 Å². The summed E-state index contributed by atoms with van der Waals surface area (Å²) in [6.07, 6.45) is 0. The van der Waals surface area contributed by atoms with Crippen LogP contribution in [0.15, 0.2) is 47.4 Å². The molecule has 0 aliphatic rings. The van der Waals surface area contributed by atoms with Gasteiger partial charge in [0.2, 0.25) is 10.0 Å². The van der Waals surface area contributed by atoms with Gasteiger partial charge in [0.25, 0.3) is 11.6 Å². The van der Waals surface area contributed by atoms with E-state index in [4.69, 9.17) is 0 Å². The highest BCUT2D eigenvalue weighted by Gasteiger charge is 2.17. The lowest BCUT2D eigenvalue weighted by Crippen LogP contribution is -2.24. The van der Waals surface area contributed by atoms with Crippen LogP contribution in [0.25, 0.3) is 0 Å². The van der Waals surface area contributed by atoms with E-state index in [0.717, 1.165) is 0 Å². The molecule has 0 spiro atoms. The third kappa shape index (κ3) is 4.35. The number of nitrogens with one attached hydrogen (secondary N) is 3. The maximum Gasteiger partial charge on any atom is 0.270 e. The normalized spacial score (nSPS) is 11.0. The van der Waals surface area contributed by atoms with Gasteiger partial charge >= 0.3 is 0 Å². The minimum absolute atomic E-state index is 0.0672. The molecule has 0 aliphatic heterocycles. The third-order valence-electron chi connectivity index (χ3n) is 3.66. The van der Waals surface area contributed by atoms with E-state index >= 15 is 0 Å². The van der Waals surface area contributed by atoms with Gasteiger partial charge in [0.15, 0.2) is 0 Å². The highest BCUT2D eigenvalue weighted by atomic mass is 32.2. The minimum atomic E-state index is -3.58. The van der Waals surface area contributed by atoms with Crippen molar-refractivity contribution in [2.75, 3.05) is 19.4 Å². The Morgan fingerprint density at radius 3 is 2.50 bits per heavy atom. The molecule has 0 unspecified atom stereocenters. The smallest absolute Gasteiger partial charge is 0.270 e. The van der Waals surface area contributed by atoms with Crippen molar-refractivity contribution in [1.29, 1.82) is 0 Å². The zero-order chi connectivity index (χ0) is 19.3. The Morgan fingerprint density at radius 2 is 1.88 bits per heavy atom. The number of amides is 1. The van der Waals surface area contributed by atoms with E-state index < -0.39 is 20.9 Å². The predicted octanol–water partition coefficient (Wildman–Crippen LogP) is 1.47. The summed E-state index contributed by atoms with van der Waals surface area (Å²) in [5.41, 5.74) is 0.947. The second kappa shape index (κ2) is 7.93. The first-order chi connectivity index (χ1) is 12.3. The second-order valence-electron chi connectivity index (χ2n) is 5.27. The number of nitro groups is 1. The van der Waals surface area contributed by atoms with Crippen LogP contribution in [0.2, 0.25) is 0 Å². The van der Waals surface area contributed by atoms with Crippen molar-refractivity contribution in [2.24, 2.45) is 0 Å². The number of rotatable bonds is 7. The van der Waals surface area contributed by atoms with Crippen molar-refractivity contribution in [1.82, 2.24) is 10.0 Å². The molecular weight excluding hydrogens is 360 g/mol. The maximum atomic E-state index is 12.4. The monoisotopic (exact) mass is 378 g/mol. The molecule has 0 aromatic heterocycles. The number of nitrogens with zero attached hydrogens (tertiary/aromatic N) is 1. The summed E-state index contributed by atoms with van der Waals surface area (Å²) in [5, 5.41) is 16.3. The first-order valence-electron chi connectivity index (χ1n) is 7.55. The van der Waals surface area contributed by atoms with Gasteiger partial charge in [-0.3, -0.25) is 14.9 Å². The van der Waals surface area contributed by atoms with Crippen LogP contribution < -0.4 is 15.4 Å². The van der Waals surface area contributed by atoms with Crippen LogP contribution in [0.4, 0.5) is 11.4 Å². The van der Waals surface area contributed by atoms with Gasteiger partial charge in [-0.05, 0) is 30.8 Å². The van der Waals surface area contributed by atoms with E-state index in [2.05, 4.69) is 15.4 Å². The standard InChI is InChI=1S/C16H18N4O5S/c1-17-15-7-6-12(20(22)23)9-14(15)16(21)19-10-11-4-3-5-13(8-11)26(24,25)18-2/h3-9,17-18H,10H2,1-2H3,(H,19,21). The number of nitro benzene ring substituents is 1. The van der Waals surface area contributed by atoms with E-state index in [9.17, 15) is 23.3 Å². The van der Waals surface area contributed by atoms with Crippen LogP contribution in [0.1, 0.15) is 15.9 Å². The summed E-state index contributed by atoms with van der Waals surface area (Å²) in [5.74, 6) is -0.514. The first kappa shape index (κ1) is 19.3. The lowest BCUT2D eigenvalue weighted by molar-refractivity contribution is -0.384. The van der Waals surface area contributed by atoms with Crippen LogP contribution in [-0.4, -0.2) is 33.3 Å². The van der Waals surface area contributed by atoms with Crippen LogP contribution in [0.5, 0.6) is 0 Å². The Morgan fingerprint density at radius 1 is 1.15 bits per heavy atom. The first-order valence-corrected chi connectivity index (χ1v) is 9.03. The average molecular weight is 378 g/mol. The lowest BCUT2D eigenvalue weighted by Gasteiger charge is -2.11. The Bertz CT molecular complexity index is 943. The fourth-order valence-corrected chi connectivity index (χ4v) is 3.07. The fraction of sp³-hybridized carbons (Fsp3) is 0.188. The van der Waals surface area contributed by atoms with E-state index in [1.54, 1.807) is 19.2 Å². The second-order valence-corrected chi connectivity index (χ2v) is 7.16. The van der Waals surface area contributed by atoms with Crippen LogP contribution >= 0.6 is 0 Å². The number of non-ortho nitro benzene ring substituents is 1. The molecule has 0 bridgehead atoms. The van der Waals surface area contributed by atoms with E-state index in [-0.39, 0.29) is 22.7 Å². The summed E-state index contributed by atoms with van der Waals surface area (Å²) < 4.78 is 25.9. The van der Waals surface area contributed by atoms with Crippen LogP contribution in [0.3, 0.4) is 0 Å². The number of carbonyl (C=O) groups is 1. The van der Waals surface area contributed by atoms with Gasteiger partial charge < -0.3 is 10.6 Å². The molecule has 2 aromatic carbocycles. The Balaban J connectivity index is 2.20.